The number of hydrogen-bond donors (Lipinski definition) is 1. The number of fused-ring (bicyclic) bond motifs is 1. The zero-order chi connectivity index (χ0) is 26.0. The topological polar surface area (TPSA) is 88.9 Å². The lowest BCUT2D eigenvalue weighted by atomic mass is 9.98. The van der Waals surface area contributed by atoms with Crippen molar-refractivity contribution in [2.24, 2.45) is 5.92 Å². The first-order chi connectivity index (χ1) is 17.1. The van der Waals surface area contributed by atoms with Gasteiger partial charge < -0.3 is 9.72 Å². The van der Waals surface area contributed by atoms with E-state index in [-0.39, 0.29) is 23.1 Å². The summed E-state index contributed by atoms with van der Waals surface area (Å²) in [6.07, 6.45) is 0. The van der Waals surface area contributed by atoms with Crippen molar-refractivity contribution in [3.63, 3.8) is 0 Å². The second-order valence-electron chi connectivity index (χ2n) is 10.8. The van der Waals surface area contributed by atoms with E-state index in [9.17, 15) is 4.79 Å². The molecule has 0 amide bonds. The summed E-state index contributed by atoms with van der Waals surface area (Å²) in [7, 11) is 1.62. The third-order valence-corrected chi connectivity index (χ3v) is 6.43. The molecule has 0 saturated heterocycles. The van der Waals surface area contributed by atoms with Crippen LogP contribution in [-0.2, 0) is 18.6 Å². The third-order valence-electron chi connectivity index (χ3n) is 6.43. The largest absolute Gasteiger partial charge is 0.497 e. The molecule has 190 valence electrons. The highest BCUT2D eigenvalue weighted by molar-refractivity contribution is 5.80. The highest BCUT2D eigenvalue weighted by atomic mass is 16.5. The van der Waals surface area contributed by atoms with Crippen LogP contribution in [-0.4, -0.2) is 37.2 Å². The summed E-state index contributed by atoms with van der Waals surface area (Å²) in [5.74, 6) is 1.71. The first-order valence-corrected chi connectivity index (χ1v) is 12.3. The predicted octanol–water partition coefficient (Wildman–Crippen LogP) is 4.99. The van der Waals surface area contributed by atoms with Crippen LogP contribution in [0.4, 0.5) is 0 Å². The number of H-pyrrole nitrogens is 1. The summed E-state index contributed by atoms with van der Waals surface area (Å²) >= 11 is 0. The maximum atomic E-state index is 13.2. The van der Waals surface area contributed by atoms with E-state index < -0.39 is 0 Å². The molecule has 0 aliphatic carbocycles. The highest BCUT2D eigenvalue weighted by Crippen LogP contribution is 2.32. The standard InChI is InChI=1S/C28H36N6O2/c1-18(2)25(26-30-31-32-34(26)28(4,5)6)33(16-20-10-8-19(3)9-11-20)17-22-14-21-12-13-23(36-7)15-24(21)29-27(22)35/h8-15,18,25H,16-17H2,1-7H3,(H,29,35)/t25-/m1/s1. The number of tetrazole rings is 1. The van der Waals surface area contributed by atoms with E-state index in [0.29, 0.717) is 24.4 Å². The van der Waals surface area contributed by atoms with Gasteiger partial charge in [0.15, 0.2) is 5.82 Å². The zero-order valence-corrected chi connectivity index (χ0v) is 22.2. The van der Waals surface area contributed by atoms with Crippen LogP contribution in [0.5, 0.6) is 5.75 Å². The van der Waals surface area contributed by atoms with E-state index in [0.717, 1.165) is 16.7 Å². The summed E-state index contributed by atoms with van der Waals surface area (Å²) in [5, 5.41) is 13.8. The van der Waals surface area contributed by atoms with Gasteiger partial charge in [0, 0.05) is 24.7 Å². The second kappa shape index (κ2) is 10.2. The molecule has 0 aliphatic heterocycles. The van der Waals surface area contributed by atoms with E-state index in [2.05, 4.69) is 91.2 Å². The number of rotatable bonds is 8. The van der Waals surface area contributed by atoms with Gasteiger partial charge >= 0.3 is 0 Å². The summed E-state index contributed by atoms with van der Waals surface area (Å²) < 4.78 is 7.22. The molecule has 1 N–H and O–H groups in total. The molecule has 2 aromatic carbocycles. The van der Waals surface area contributed by atoms with E-state index in [1.165, 1.54) is 11.1 Å². The molecule has 8 nitrogen and oxygen atoms in total. The number of aromatic amines is 1. The van der Waals surface area contributed by atoms with Crippen LogP contribution in [0, 0.1) is 12.8 Å². The number of aryl methyl sites for hydroxylation is 1. The summed E-state index contributed by atoms with van der Waals surface area (Å²) in [6, 6.07) is 16.1. The molecule has 8 heteroatoms. The van der Waals surface area contributed by atoms with Crippen LogP contribution >= 0.6 is 0 Å². The maximum absolute atomic E-state index is 13.2. The van der Waals surface area contributed by atoms with Crippen LogP contribution in [0.1, 0.15) is 63.2 Å². The Morgan fingerprint density at radius 1 is 1.06 bits per heavy atom. The number of aromatic nitrogens is 5. The Hall–Kier alpha value is -3.52. The van der Waals surface area contributed by atoms with Gasteiger partial charge in [0.25, 0.3) is 5.56 Å². The lowest BCUT2D eigenvalue weighted by Gasteiger charge is -2.35. The molecular weight excluding hydrogens is 452 g/mol. The van der Waals surface area contributed by atoms with Crippen LogP contribution in [0.3, 0.4) is 0 Å². The van der Waals surface area contributed by atoms with Gasteiger partial charge in [-0.05, 0) is 73.2 Å². The Labute approximate surface area is 212 Å². The average Bonchev–Trinajstić information content (AvgIpc) is 3.30. The van der Waals surface area contributed by atoms with E-state index in [1.54, 1.807) is 7.11 Å². The molecule has 4 aromatic rings. The number of hydrogen-bond acceptors (Lipinski definition) is 6. The minimum atomic E-state index is -0.277. The van der Waals surface area contributed by atoms with Crippen molar-refractivity contribution in [3.8, 4) is 5.75 Å². The number of pyridine rings is 1. The fraction of sp³-hybridized carbons (Fsp3) is 0.429. The molecule has 0 bridgehead atoms. The number of methoxy groups -OCH3 is 1. The van der Waals surface area contributed by atoms with Gasteiger partial charge in [-0.25, -0.2) is 4.68 Å². The highest BCUT2D eigenvalue weighted by Gasteiger charge is 2.33. The predicted molar refractivity (Wildman–Crippen MR) is 142 cm³/mol. The van der Waals surface area contributed by atoms with E-state index in [1.807, 2.05) is 28.9 Å². The van der Waals surface area contributed by atoms with Crippen molar-refractivity contribution in [1.29, 1.82) is 0 Å². The minimum Gasteiger partial charge on any atom is -0.497 e. The molecule has 0 saturated carbocycles. The molecule has 0 aliphatic rings. The van der Waals surface area contributed by atoms with Gasteiger partial charge in [0.05, 0.1) is 24.2 Å². The second-order valence-corrected chi connectivity index (χ2v) is 10.8. The van der Waals surface area contributed by atoms with Crippen molar-refractivity contribution in [3.05, 3.63) is 81.4 Å². The van der Waals surface area contributed by atoms with Crippen LogP contribution < -0.4 is 10.3 Å². The number of nitrogens with zero attached hydrogens (tertiary/aromatic N) is 5. The number of benzene rings is 2. The van der Waals surface area contributed by atoms with Crippen molar-refractivity contribution >= 4 is 10.9 Å². The lowest BCUT2D eigenvalue weighted by molar-refractivity contribution is 0.119. The van der Waals surface area contributed by atoms with Gasteiger partial charge in [-0.3, -0.25) is 9.69 Å². The zero-order valence-electron chi connectivity index (χ0n) is 22.2. The van der Waals surface area contributed by atoms with E-state index in [4.69, 9.17) is 4.74 Å². The Kier molecular flexibility index (Phi) is 7.26. The van der Waals surface area contributed by atoms with Crippen molar-refractivity contribution in [2.75, 3.05) is 7.11 Å². The van der Waals surface area contributed by atoms with Crippen LogP contribution in [0.15, 0.2) is 53.3 Å². The van der Waals surface area contributed by atoms with Crippen molar-refractivity contribution in [1.82, 2.24) is 30.1 Å². The minimum absolute atomic E-state index is 0.105. The first kappa shape index (κ1) is 25.6. The molecule has 2 aromatic heterocycles. The molecule has 0 spiro atoms. The van der Waals surface area contributed by atoms with Crippen LogP contribution in [0.2, 0.25) is 0 Å². The summed E-state index contributed by atoms with van der Waals surface area (Å²) in [4.78, 5) is 18.6. The quantitative estimate of drug-likeness (QED) is 0.376. The van der Waals surface area contributed by atoms with Gasteiger partial charge in [0.2, 0.25) is 0 Å². The molecule has 36 heavy (non-hydrogen) atoms. The normalized spacial score (nSPS) is 13.0. The van der Waals surface area contributed by atoms with Gasteiger partial charge in [-0.2, -0.15) is 0 Å². The van der Waals surface area contributed by atoms with E-state index >= 15 is 0 Å². The third kappa shape index (κ3) is 5.49. The fourth-order valence-electron chi connectivity index (χ4n) is 4.61. The van der Waals surface area contributed by atoms with Crippen LogP contribution in [0.25, 0.3) is 10.9 Å². The smallest absolute Gasteiger partial charge is 0.252 e. The van der Waals surface area contributed by atoms with Crippen molar-refractivity contribution in [2.45, 2.75) is 66.2 Å². The molecule has 0 radical (unpaired) electrons. The van der Waals surface area contributed by atoms with Gasteiger partial charge in [-0.1, -0.05) is 43.7 Å². The van der Waals surface area contributed by atoms with Gasteiger partial charge in [-0.15, -0.1) is 5.10 Å². The number of nitrogens with one attached hydrogen (secondary N) is 1. The lowest BCUT2D eigenvalue weighted by Crippen LogP contribution is -2.37. The molecule has 0 unspecified atom stereocenters. The Balaban J connectivity index is 1.79. The summed E-state index contributed by atoms with van der Waals surface area (Å²) in [5.41, 5.74) is 3.45. The number of ether oxygens (including phenoxy) is 1. The monoisotopic (exact) mass is 488 g/mol. The SMILES string of the molecule is COc1ccc2cc(CN(Cc3ccc(C)cc3)[C@@H](c3nnnn3C(C)(C)C)C(C)C)c(=O)[nH]c2c1. The molecule has 0 fully saturated rings. The molecule has 1 atom stereocenters. The van der Waals surface area contributed by atoms with Gasteiger partial charge in [0.1, 0.15) is 5.75 Å². The van der Waals surface area contributed by atoms with Crippen molar-refractivity contribution < 1.29 is 4.74 Å². The molecular formula is C28H36N6O2. The summed E-state index contributed by atoms with van der Waals surface area (Å²) in [6.45, 7) is 13.8. The maximum Gasteiger partial charge on any atom is 0.252 e. The Morgan fingerprint density at radius 3 is 2.42 bits per heavy atom. The Bertz CT molecular complexity index is 1380. The fourth-order valence-corrected chi connectivity index (χ4v) is 4.61. The molecule has 4 rings (SSSR count). The molecule has 2 heterocycles. The first-order valence-electron chi connectivity index (χ1n) is 12.3. The Morgan fingerprint density at radius 2 is 1.78 bits per heavy atom. The average molecular weight is 489 g/mol.